The molecule has 0 saturated carbocycles. The van der Waals surface area contributed by atoms with E-state index < -0.39 is 22.1 Å². The van der Waals surface area contributed by atoms with E-state index in [9.17, 15) is 18.0 Å². The number of para-hydroxylation sites is 1. The fraction of sp³-hybridized carbons (Fsp3) is 0.222. The van der Waals surface area contributed by atoms with Crippen molar-refractivity contribution in [2.24, 2.45) is 0 Å². The van der Waals surface area contributed by atoms with E-state index in [0.29, 0.717) is 11.1 Å². The number of methoxy groups -OCH3 is 2. The fourth-order valence-corrected chi connectivity index (χ4v) is 3.42. The molecule has 138 valence electrons. The SMILES string of the molecule is COC(=O)c1cc(C(=O)OC)cc(S(=O)(=O)Oc2c(C)cccc2C)c1. The second-order valence-corrected chi connectivity index (χ2v) is 7.03. The number of aryl methyl sites for hydroxylation is 2. The Morgan fingerprint density at radius 3 is 1.73 bits per heavy atom. The number of hydrogen-bond acceptors (Lipinski definition) is 7. The van der Waals surface area contributed by atoms with Crippen molar-refractivity contribution in [3.05, 3.63) is 58.7 Å². The molecule has 2 rings (SSSR count). The van der Waals surface area contributed by atoms with Crippen molar-refractivity contribution < 1.29 is 31.7 Å². The Morgan fingerprint density at radius 1 is 0.846 bits per heavy atom. The number of carbonyl (C=O) groups excluding carboxylic acids is 2. The van der Waals surface area contributed by atoms with Crippen LogP contribution in [0, 0.1) is 13.8 Å². The Balaban J connectivity index is 2.57. The lowest BCUT2D eigenvalue weighted by molar-refractivity contribution is 0.0598. The van der Waals surface area contributed by atoms with Gasteiger partial charge in [-0.3, -0.25) is 0 Å². The van der Waals surface area contributed by atoms with Gasteiger partial charge in [-0.05, 0) is 43.2 Å². The highest BCUT2D eigenvalue weighted by Crippen LogP contribution is 2.27. The molecule has 0 unspecified atom stereocenters. The summed E-state index contributed by atoms with van der Waals surface area (Å²) in [6.45, 7) is 3.42. The van der Waals surface area contributed by atoms with Crippen molar-refractivity contribution >= 4 is 22.1 Å². The van der Waals surface area contributed by atoms with Gasteiger partial charge in [-0.15, -0.1) is 0 Å². The normalized spacial score (nSPS) is 10.9. The number of ether oxygens (including phenoxy) is 2. The molecule has 0 amide bonds. The molecule has 0 heterocycles. The van der Waals surface area contributed by atoms with E-state index in [0.717, 1.165) is 26.4 Å². The van der Waals surface area contributed by atoms with Gasteiger partial charge in [0.05, 0.1) is 25.3 Å². The molecule has 26 heavy (non-hydrogen) atoms. The van der Waals surface area contributed by atoms with Gasteiger partial charge < -0.3 is 13.7 Å². The molecule has 0 aliphatic carbocycles. The van der Waals surface area contributed by atoms with Crippen LogP contribution in [0.5, 0.6) is 5.75 Å². The molecule has 0 bridgehead atoms. The summed E-state index contributed by atoms with van der Waals surface area (Å²) in [6.07, 6.45) is 0. The summed E-state index contributed by atoms with van der Waals surface area (Å²) >= 11 is 0. The van der Waals surface area contributed by atoms with Gasteiger partial charge in [-0.1, -0.05) is 18.2 Å². The van der Waals surface area contributed by atoms with Crippen LogP contribution < -0.4 is 4.18 Å². The van der Waals surface area contributed by atoms with Crippen LogP contribution in [0.15, 0.2) is 41.3 Å². The third-order valence-electron chi connectivity index (χ3n) is 3.64. The van der Waals surface area contributed by atoms with E-state index in [1.54, 1.807) is 32.0 Å². The van der Waals surface area contributed by atoms with Gasteiger partial charge in [0.1, 0.15) is 10.6 Å². The Morgan fingerprint density at radius 2 is 1.31 bits per heavy atom. The first-order valence-corrected chi connectivity index (χ1v) is 8.93. The molecule has 8 heteroatoms. The number of esters is 2. The van der Waals surface area contributed by atoms with Crippen LogP contribution in [0.4, 0.5) is 0 Å². The van der Waals surface area contributed by atoms with Gasteiger partial charge in [0.2, 0.25) is 0 Å². The summed E-state index contributed by atoms with van der Waals surface area (Å²) in [7, 11) is -2.01. The maximum absolute atomic E-state index is 12.7. The van der Waals surface area contributed by atoms with Crippen LogP contribution in [-0.2, 0) is 19.6 Å². The molecule has 0 aromatic heterocycles. The largest absolute Gasteiger partial charge is 0.465 e. The van der Waals surface area contributed by atoms with E-state index in [1.165, 1.54) is 6.07 Å². The first-order chi connectivity index (χ1) is 12.2. The molecule has 0 spiro atoms. The molecule has 0 atom stereocenters. The zero-order chi connectivity index (χ0) is 19.5. The number of carbonyl (C=O) groups is 2. The quantitative estimate of drug-likeness (QED) is 0.583. The number of rotatable bonds is 5. The molecular weight excluding hydrogens is 360 g/mol. The van der Waals surface area contributed by atoms with Crippen molar-refractivity contribution in [3.63, 3.8) is 0 Å². The van der Waals surface area contributed by atoms with Crippen LogP contribution >= 0.6 is 0 Å². The van der Waals surface area contributed by atoms with Crippen molar-refractivity contribution in [2.75, 3.05) is 14.2 Å². The molecule has 0 aliphatic heterocycles. The predicted molar refractivity (Wildman–Crippen MR) is 92.9 cm³/mol. The van der Waals surface area contributed by atoms with E-state index in [2.05, 4.69) is 9.47 Å². The lowest BCUT2D eigenvalue weighted by Crippen LogP contribution is -2.15. The lowest BCUT2D eigenvalue weighted by atomic mass is 10.1. The van der Waals surface area contributed by atoms with E-state index >= 15 is 0 Å². The molecule has 0 radical (unpaired) electrons. The van der Waals surface area contributed by atoms with Gasteiger partial charge in [0.25, 0.3) is 0 Å². The van der Waals surface area contributed by atoms with Gasteiger partial charge in [0.15, 0.2) is 0 Å². The Labute approximate surface area is 151 Å². The Hall–Kier alpha value is -2.87. The molecule has 0 aliphatic rings. The second kappa shape index (κ2) is 7.57. The average Bonchev–Trinajstić information content (AvgIpc) is 2.63. The monoisotopic (exact) mass is 378 g/mol. The Bertz CT molecular complexity index is 907. The minimum atomic E-state index is -4.30. The molecule has 0 fully saturated rings. The van der Waals surface area contributed by atoms with Gasteiger partial charge in [0, 0.05) is 0 Å². The number of hydrogen-bond donors (Lipinski definition) is 0. The van der Waals surface area contributed by atoms with Crippen molar-refractivity contribution in [1.29, 1.82) is 0 Å². The molecule has 2 aromatic rings. The summed E-state index contributed by atoms with van der Waals surface area (Å²) < 4.78 is 39.9. The second-order valence-electron chi connectivity index (χ2n) is 5.49. The zero-order valence-electron chi connectivity index (χ0n) is 14.7. The maximum Gasteiger partial charge on any atom is 0.339 e. The van der Waals surface area contributed by atoms with Gasteiger partial charge in [-0.25, -0.2) is 9.59 Å². The molecule has 7 nitrogen and oxygen atoms in total. The van der Waals surface area contributed by atoms with E-state index in [1.807, 2.05) is 0 Å². The van der Waals surface area contributed by atoms with Gasteiger partial charge >= 0.3 is 22.1 Å². The summed E-state index contributed by atoms with van der Waals surface area (Å²) in [5.41, 5.74) is 1.04. The van der Waals surface area contributed by atoms with Gasteiger partial charge in [-0.2, -0.15) is 8.42 Å². The summed E-state index contributed by atoms with van der Waals surface area (Å²) in [4.78, 5) is 23.3. The molecular formula is C18H18O7S. The highest BCUT2D eigenvalue weighted by molar-refractivity contribution is 7.87. The zero-order valence-corrected chi connectivity index (χ0v) is 15.5. The third kappa shape index (κ3) is 4.02. The fourth-order valence-electron chi connectivity index (χ4n) is 2.30. The van der Waals surface area contributed by atoms with Crippen LogP contribution in [0.25, 0.3) is 0 Å². The van der Waals surface area contributed by atoms with Crippen LogP contribution in [-0.4, -0.2) is 34.6 Å². The van der Waals surface area contributed by atoms with Crippen LogP contribution in [0.1, 0.15) is 31.8 Å². The summed E-state index contributed by atoms with van der Waals surface area (Å²) in [5.74, 6) is -1.39. The highest BCUT2D eigenvalue weighted by Gasteiger charge is 2.24. The standard InChI is InChI=1S/C18H18O7S/c1-11-6-5-7-12(2)16(11)25-26(21,22)15-9-13(17(19)23-3)8-14(10-15)18(20)24-4/h5-10H,1-4H3. The first kappa shape index (κ1) is 19.5. The maximum atomic E-state index is 12.7. The molecule has 0 saturated heterocycles. The minimum absolute atomic E-state index is 0.112. The predicted octanol–water partition coefficient (Wildman–Crippen LogP) is 2.64. The van der Waals surface area contributed by atoms with E-state index in [-0.39, 0.29) is 21.8 Å². The van der Waals surface area contributed by atoms with Crippen molar-refractivity contribution in [1.82, 2.24) is 0 Å². The van der Waals surface area contributed by atoms with Crippen LogP contribution in [0.2, 0.25) is 0 Å². The number of benzene rings is 2. The molecule has 0 N–H and O–H groups in total. The minimum Gasteiger partial charge on any atom is -0.465 e. The van der Waals surface area contributed by atoms with Crippen molar-refractivity contribution in [3.8, 4) is 5.75 Å². The van der Waals surface area contributed by atoms with Crippen molar-refractivity contribution in [2.45, 2.75) is 18.7 Å². The van der Waals surface area contributed by atoms with Crippen LogP contribution in [0.3, 0.4) is 0 Å². The lowest BCUT2D eigenvalue weighted by Gasteiger charge is -2.13. The Kier molecular flexibility index (Phi) is 5.66. The summed E-state index contributed by atoms with van der Waals surface area (Å²) in [6, 6.07) is 8.56. The first-order valence-electron chi connectivity index (χ1n) is 7.52. The molecule has 2 aromatic carbocycles. The topological polar surface area (TPSA) is 96.0 Å². The summed E-state index contributed by atoms with van der Waals surface area (Å²) in [5, 5.41) is 0. The highest BCUT2D eigenvalue weighted by atomic mass is 32.2. The van der Waals surface area contributed by atoms with E-state index in [4.69, 9.17) is 4.18 Å². The smallest absolute Gasteiger partial charge is 0.339 e. The average molecular weight is 378 g/mol. The third-order valence-corrected chi connectivity index (χ3v) is 4.84.